The molecule has 4 rings (SSSR count). The van der Waals surface area contributed by atoms with E-state index in [9.17, 15) is 14.7 Å². The third-order valence-electron chi connectivity index (χ3n) is 5.27. The number of likely N-dealkylation sites (tertiary alicyclic amines) is 1. The van der Waals surface area contributed by atoms with Crippen LogP contribution in [0.25, 0.3) is 5.76 Å². The van der Waals surface area contributed by atoms with Crippen molar-refractivity contribution in [2.24, 2.45) is 0 Å². The molecule has 2 unspecified atom stereocenters. The molecule has 3 heterocycles. The quantitative estimate of drug-likeness (QED) is 0.339. The predicted molar refractivity (Wildman–Crippen MR) is 110 cm³/mol. The number of aliphatic hydroxyl groups is 1. The number of amides is 1. The first kappa shape index (κ1) is 19.7. The first-order valence-corrected chi connectivity index (χ1v) is 10.5. The summed E-state index contributed by atoms with van der Waals surface area (Å²) in [5.41, 5.74) is 1.66. The van der Waals surface area contributed by atoms with Gasteiger partial charge in [-0.2, -0.15) is 0 Å². The highest BCUT2D eigenvalue weighted by atomic mass is 32.1. The van der Waals surface area contributed by atoms with Gasteiger partial charge in [0.1, 0.15) is 17.6 Å². The van der Waals surface area contributed by atoms with Crippen molar-refractivity contribution in [3.8, 4) is 5.75 Å². The summed E-state index contributed by atoms with van der Waals surface area (Å²) in [5.74, 6) is -0.579. The normalized spacial score (nSPS) is 22.8. The highest BCUT2D eigenvalue weighted by Crippen LogP contribution is 2.42. The number of carbonyl (C=O) groups excluding carboxylic acids is 2. The topological polar surface area (TPSA) is 76.1 Å². The lowest BCUT2D eigenvalue weighted by Crippen LogP contribution is -2.31. The summed E-state index contributed by atoms with van der Waals surface area (Å²) in [7, 11) is 1.60. The largest absolute Gasteiger partial charge is 0.507 e. The van der Waals surface area contributed by atoms with Crippen LogP contribution in [0.15, 0.2) is 41.3 Å². The highest BCUT2D eigenvalue weighted by Gasteiger charge is 2.46. The molecule has 0 radical (unpaired) electrons. The Morgan fingerprint density at radius 2 is 2.17 bits per heavy atom. The van der Waals surface area contributed by atoms with E-state index in [1.54, 1.807) is 13.2 Å². The van der Waals surface area contributed by atoms with Crippen LogP contribution in [0.2, 0.25) is 0 Å². The maximum atomic E-state index is 12.9. The lowest BCUT2D eigenvalue weighted by Gasteiger charge is -2.24. The van der Waals surface area contributed by atoms with Gasteiger partial charge in [0.25, 0.3) is 11.7 Å². The van der Waals surface area contributed by atoms with Crippen LogP contribution in [0, 0.1) is 0 Å². The molecule has 1 saturated heterocycles. The van der Waals surface area contributed by atoms with Gasteiger partial charge >= 0.3 is 0 Å². The SMILES string of the molecule is COCCCN1C(=O)C(=O)/C(=C(/O)c2ccc3c(c2)CC(C)O3)C1c1cccs1. The number of hydrogen-bond donors (Lipinski definition) is 1. The number of ketones is 1. The van der Waals surface area contributed by atoms with Gasteiger partial charge < -0.3 is 19.5 Å². The number of fused-ring (bicyclic) bond motifs is 1. The molecule has 2 atom stereocenters. The van der Waals surface area contributed by atoms with Gasteiger partial charge in [-0.1, -0.05) is 6.07 Å². The third kappa shape index (κ3) is 3.56. The minimum atomic E-state index is -0.650. The molecule has 1 fully saturated rings. The van der Waals surface area contributed by atoms with Crippen molar-refractivity contribution in [3.63, 3.8) is 0 Å². The van der Waals surface area contributed by atoms with Crippen molar-refractivity contribution < 1.29 is 24.2 Å². The standard InChI is InChI=1S/C22H23NO5S/c1-13-11-15-12-14(6-7-16(15)28-13)20(24)18-19(17-5-3-10-29-17)23(8-4-9-27-2)22(26)21(18)25/h3,5-7,10,12-13,19,24H,4,8-9,11H2,1-2H3/b20-18+. The van der Waals surface area contributed by atoms with Crippen molar-refractivity contribution >= 4 is 28.8 Å². The van der Waals surface area contributed by atoms with E-state index in [0.717, 1.165) is 22.6 Å². The van der Waals surface area contributed by atoms with Crippen molar-refractivity contribution in [1.29, 1.82) is 0 Å². The molecule has 2 aliphatic rings. The summed E-state index contributed by atoms with van der Waals surface area (Å²) in [6.07, 6.45) is 1.44. The fourth-order valence-electron chi connectivity index (χ4n) is 3.96. The van der Waals surface area contributed by atoms with Gasteiger partial charge in [0, 0.05) is 37.1 Å². The first-order valence-electron chi connectivity index (χ1n) is 9.62. The second kappa shape index (κ2) is 8.00. The minimum absolute atomic E-state index is 0.0832. The van der Waals surface area contributed by atoms with Crippen LogP contribution in [0.3, 0.4) is 0 Å². The van der Waals surface area contributed by atoms with Gasteiger partial charge in [-0.3, -0.25) is 9.59 Å². The number of nitrogens with zero attached hydrogens (tertiary/aromatic N) is 1. The molecule has 1 N–H and O–H groups in total. The minimum Gasteiger partial charge on any atom is -0.507 e. The number of thiophene rings is 1. The molecule has 0 aliphatic carbocycles. The molecule has 1 aromatic heterocycles. The van der Waals surface area contributed by atoms with Crippen LogP contribution in [0.5, 0.6) is 5.75 Å². The van der Waals surface area contributed by atoms with E-state index in [-0.39, 0.29) is 17.4 Å². The second-order valence-corrected chi connectivity index (χ2v) is 8.29. The molecule has 1 aromatic carbocycles. The molecule has 2 aromatic rings. The van der Waals surface area contributed by atoms with Crippen molar-refractivity contribution in [2.45, 2.75) is 31.9 Å². The smallest absolute Gasteiger partial charge is 0.295 e. The third-order valence-corrected chi connectivity index (χ3v) is 6.19. The Balaban J connectivity index is 1.76. The van der Waals surface area contributed by atoms with E-state index in [1.807, 2.05) is 36.6 Å². The Bertz CT molecular complexity index is 966. The van der Waals surface area contributed by atoms with Crippen LogP contribution in [-0.4, -0.2) is 48.1 Å². The number of ether oxygens (including phenoxy) is 2. The van der Waals surface area contributed by atoms with Crippen molar-refractivity contribution in [1.82, 2.24) is 4.90 Å². The molecule has 6 nitrogen and oxygen atoms in total. The summed E-state index contributed by atoms with van der Waals surface area (Å²) >= 11 is 1.46. The van der Waals surface area contributed by atoms with E-state index >= 15 is 0 Å². The number of methoxy groups -OCH3 is 1. The number of Topliss-reactive ketones (excluding diaryl/α,β-unsaturated/α-hetero) is 1. The lowest BCUT2D eigenvalue weighted by atomic mass is 9.98. The van der Waals surface area contributed by atoms with E-state index in [4.69, 9.17) is 9.47 Å². The monoisotopic (exact) mass is 413 g/mol. The summed E-state index contributed by atoms with van der Waals surface area (Å²) < 4.78 is 10.8. The number of benzene rings is 1. The van der Waals surface area contributed by atoms with E-state index in [0.29, 0.717) is 25.1 Å². The maximum Gasteiger partial charge on any atom is 0.295 e. The molecule has 1 amide bonds. The average Bonchev–Trinajstić information content (AvgIpc) is 3.41. The Hall–Kier alpha value is -2.64. The highest BCUT2D eigenvalue weighted by molar-refractivity contribution is 7.10. The second-order valence-electron chi connectivity index (χ2n) is 7.31. The zero-order valence-electron chi connectivity index (χ0n) is 16.4. The zero-order chi connectivity index (χ0) is 20.5. The van der Waals surface area contributed by atoms with Gasteiger partial charge in [-0.05, 0) is 48.6 Å². The molecule has 29 heavy (non-hydrogen) atoms. The lowest BCUT2D eigenvalue weighted by molar-refractivity contribution is -0.140. The number of rotatable bonds is 6. The Labute approximate surface area is 173 Å². The fourth-order valence-corrected chi connectivity index (χ4v) is 4.80. The van der Waals surface area contributed by atoms with E-state index < -0.39 is 17.7 Å². The average molecular weight is 413 g/mol. The summed E-state index contributed by atoms with van der Waals surface area (Å²) in [4.78, 5) is 28.0. The van der Waals surface area contributed by atoms with Crippen LogP contribution in [-0.2, 0) is 20.7 Å². The number of aliphatic hydroxyl groups excluding tert-OH is 1. The zero-order valence-corrected chi connectivity index (χ0v) is 17.2. The molecular formula is C22H23NO5S. The van der Waals surface area contributed by atoms with Gasteiger partial charge in [0.15, 0.2) is 0 Å². The van der Waals surface area contributed by atoms with Crippen LogP contribution in [0.1, 0.15) is 35.4 Å². The fraction of sp³-hybridized carbons (Fsp3) is 0.364. The van der Waals surface area contributed by atoms with Crippen LogP contribution >= 0.6 is 11.3 Å². The summed E-state index contributed by atoms with van der Waals surface area (Å²) in [6.45, 7) is 2.86. The Morgan fingerprint density at radius 3 is 2.90 bits per heavy atom. The van der Waals surface area contributed by atoms with Gasteiger partial charge in [-0.25, -0.2) is 0 Å². The number of carbonyl (C=O) groups is 2. The van der Waals surface area contributed by atoms with E-state index in [1.165, 1.54) is 16.2 Å². The van der Waals surface area contributed by atoms with Gasteiger partial charge in [0.2, 0.25) is 0 Å². The van der Waals surface area contributed by atoms with Gasteiger partial charge in [0.05, 0.1) is 11.6 Å². The maximum absolute atomic E-state index is 12.9. The molecule has 2 aliphatic heterocycles. The molecular weight excluding hydrogens is 390 g/mol. The van der Waals surface area contributed by atoms with E-state index in [2.05, 4.69) is 0 Å². The predicted octanol–water partition coefficient (Wildman–Crippen LogP) is 3.53. The van der Waals surface area contributed by atoms with Crippen LogP contribution in [0.4, 0.5) is 0 Å². The molecule has 0 spiro atoms. The molecule has 7 heteroatoms. The first-order chi connectivity index (χ1) is 14.0. The van der Waals surface area contributed by atoms with Crippen LogP contribution < -0.4 is 4.74 Å². The van der Waals surface area contributed by atoms with Crippen molar-refractivity contribution in [3.05, 3.63) is 57.3 Å². The van der Waals surface area contributed by atoms with Gasteiger partial charge in [-0.15, -0.1) is 11.3 Å². The van der Waals surface area contributed by atoms with Crippen molar-refractivity contribution in [2.75, 3.05) is 20.3 Å². The molecule has 0 saturated carbocycles. The Morgan fingerprint density at radius 1 is 1.34 bits per heavy atom. The number of hydrogen-bond acceptors (Lipinski definition) is 6. The molecule has 0 bridgehead atoms. The molecule has 152 valence electrons. The summed E-state index contributed by atoms with van der Waals surface area (Å²) in [5, 5.41) is 13.0. The summed E-state index contributed by atoms with van der Waals surface area (Å²) in [6, 6.07) is 8.56. The Kier molecular flexibility index (Phi) is 5.43.